The van der Waals surface area contributed by atoms with Gasteiger partial charge in [-0.15, -0.1) is 0 Å². The average molecular weight is 236 g/mol. The topological polar surface area (TPSA) is 15.3 Å². The summed E-state index contributed by atoms with van der Waals surface area (Å²) in [6.45, 7) is 9.83. The lowest BCUT2D eigenvalue weighted by Gasteiger charge is -2.21. The van der Waals surface area contributed by atoms with E-state index in [1.165, 1.54) is 12.1 Å². The summed E-state index contributed by atoms with van der Waals surface area (Å²) in [5.74, 6) is -0.206. The lowest BCUT2D eigenvalue weighted by molar-refractivity contribution is 0.617. The van der Waals surface area contributed by atoms with E-state index in [0.717, 1.165) is 24.4 Å². The van der Waals surface area contributed by atoms with Gasteiger partial charge in [-0.3, -0.25) is 0 Å². The number of likely N-dealkylation sites (N-methyl/N-ethyl adjacent to an activating group) is 1. The molecular weight excluding hydrogens is 215 g/mol. The fourth-order valence-electron chi connectivity index (χ4n) is 1.53. The van der Waals surface area contributed by atoms with Gasteiger partial charge in [0, 0.05) is 31.9 Å². The Morgan fingerprint density at radius 2 is 1.94 bits per heavy atom. The van der Waals surface area contributed by atoms with E-state index in [0.29, 0.717) is 6.04 Å². The summed E-state index contributed by atoms with van der Waals surface area (Å²) in [6.07, 6.45) is 0. The molecule has 0 spiro atoms. The van der Waals surface area contributed by atoms with Gasteiger partial charge < -0.3 is 10.2 Å². The van der Waals surface area contributed by atoms with E-state index < -0.39 is 0 Å². The monoisotopic (exact) mass is 236 g/mol. The Morgan fingerprint density at radius 1 is 1.35 bits per heavy atom. The predicted molar refractivity (Wildman–Crippen MR) is 71.9 cm³/mol. The van der Waals surface area contributed by atoms with E-state index >= 15 is 0 Å². The third-order valence-corrected chi connectivity index (χ3v) is 2.49. The van der Waals surface area contributed by atoms with Crippen LogP contribution in [-0.4, -0.2) is 26.2 Å². The van der Waals surface area contributed by atoms with Gasteiger partial charge in [-0.1, -0.05) is 20.4 Å². The first-order valence-corrected chi connectivity index (χ1v) is 5.85. The first-order valence-electron chi connectivity index (χ1n) is 5.85. The van der Waals surface area contributed by atoms with Crippen molar-refractivity contribution in [3.8, 4) is 0 Å². The molecule has 0 aromatic heterocycles. The zero-order valence-corrected chi connectivity index (χ0v) is 10.8. The molecule has 0 bridgehead atoms. The molecule has 0 heterocycles. The van der Waals surface area contributed by atoms with Crippen molar-refractivity contribution >= 4 is 5.69 Å². The van der Waals surface area contributed by atoms with E-state index in [1.54, 1.807) is 12.1 Å². The third kappa shape index (κ3) is 5.00. The Labute approximate surface area is 103 Å². The van der Waals surface area contributed by atoms with E-state index in [1.807, 2.05) is 7.05 Å². The van der Waals surface area contributed by atoms with Gasteiger partial charge in [-0.2, -0.15) is 0 Å². The maximum absolute atomic E-state index is 12.8. The van der Waals surface area contributed by atoms with Crippen molar-refractivity contribution in [2.45, 2.75) is 19.9 Å². The van der Waals surface area contributed by atoms with E-state index in [4.69, 9.17) is 0 Å². The molecular formula is C14H21FN2. The van der Waals surface area contributed by atoms with Crippen molar-refractivity contribution in [2.24, 2.45) is 0 Å². The number of nitrogens with one attached hydrogen (secondary N) is 1. The smallest absolute Gasteiger partial charge is 0.123 e. The van der Waals surface area contributed by atoms with Gasteiger partial charge in [0.25, 0.3) is 0 Å². The van der Waals surface area contributed by atoms with Crippen molar-refractivity contribution < 1.29 is 4.39 Å². The van der Waals surface area contributed by atoms with Crippen molar-refractivity contribution in [3.63, 3.8) is 0 Å². The Bertz CT molecular complexity index is 357. The van der Waals surface area contributed by atoms with Crippen LogP contribution in [0.4, 0.5) is 10.1 Å². The van der Waals surface area contributed by atoms with Crippen LogP contribution >= 0.6 is 0 Å². The average Bonchev–Trinajstić information content (AvgIpc) is 2.27. The third-order valence-electron chi connectivity index (χ3n) is 2.49. The molecule has 1 N–H and O–H groups in total. The molecule has 0 aliphatic heterocycles. The summed E-state index contributed by atoms with van der Waals surface area (Å²) in [6, 6.07) is 6.96. The van der Waals surface area contributed by atoms with Crippen molar-refractivity contribution in [1.82, 2.24) is 5.32 Å². The maximum atomic E-state index is 12.8. The molecule has 2 nitrogen and oxygen atoms in total. The fourth-order valence-corrected chi connectivity index (χ4v) is 1.53. The maximum Gasteiger partial charge on any atom is 0.123 e. The molecule has 0 aliphatic carbocycles. The Morgan fingerprint density at radius 3 is 2.47 bits per heavy atom. The molecule has 1 rings (SSSR count). The second-order valence-electron chi connectivity index (χ2n) is 4.62. The second kappa shape index (κ2) is 6.40. The molecule has 0 fully saturated rings. The minimum atomic E-state index is -0.206. The Hall–Kier alpha value is -1.35. The standard InChI is InChI=1S/C14H21FN2/c1-11(2)16-9-12(3)10-17(4)14-7-5-13(15)6-8-14/h5-8,11,16H,3,9-10H2,1-2,4H3. The molecule has 0 atom stereocenters. The fraction of sp³-hybridized carbons (Fsp3) is 0.429. The Kier molecular flexibility index (Phi) is 5.16. The molecule has 0 amide bonds. The molecule has 0 aliphatic rings. The van der Waals surface area contributed by atoms with Gasteiger partial charge in [0.1, 0.15) is 5.82 Å². The number of hydrogen-bond donors (Lipinski definition) is 1. The van der Waals surface area contributed by atoms with Crippen LogP contribution in [0.15, 0.2) is 36.4 Å². The molecule has 0 radical (unpaired) electrons. The van der Waals surface area contributed by atoms with Crippen LogP contribution < -0.4 is 10.2 Å². The highest BCUT2D eigenvalue weighted by molar-refractivity contribution is 5.46. The first kappa shape index (κ1) is 13.7. The summed E-state index contributed by atoms with van der Waals surface area (Å²) in [5.41, 5.74) is 2.11. The van der Waals surface area contributed by atoms with E-state index in [9.17, 15) is 4.39 Å². The van der Waals surface area contributed by atoms with Gasteiger partial charge in [-0.25, -0.2) is 4.39 Å². The zero-order valence-electron chi connectivity index (χ0n) is 10.8. The van der Waals surface area contributed by atoms with Gasteiger partial charge in [0.2, 0.25) is 0 Å². The van der Waals surface area contributed by atoms with Crippen LogP contribution in [0, 0.1) is 5.82 Å². The zero-order chi connectivity index (χ0) is 12.8. The van der Waals surface area contributed by atoms with Crippen LogP contribution in [0.5, 0.6) is 0 Å². The van der Waals surface area contributed by atoms with E-state index in [2.05, 4.69) is 30.6 Å². The molecule has 1 aromatic carbocycles. The number of halogens is 1. The molecule has 17 heavy (non-hydrogen) atoms. The summed E-state index contributed by atoms with van der Waals surface area (Å²) in [5, 5.41) is 3.32. The van der Waals surface area contributed by atoms with Crippen molar-refractivity contribution in [2.75, 3.05) is 25.0 Å². The van der Waals surface area contributed by atoms with Gasteiger partial charge in [0.05, 0.1) is 0 Å². The molecule has 0 saturated heterocycles. The van der Waals surface area contributed by atoms with Crippen LogP contribution in [-0.2, 0) is 0 Å². The van der Waals surface area contributed by atoms with Crippen LogP contribution in [0.1, 0.15) is 13.8 Å². The van der Waals surface area contributed by atoms with E-state index in [-0.39, 0.29) is 5.82 Å². The first-order chi connectivity index (χ1) is 7.99. The summed E-state index contributed by atoms with van der Waals surface area (Å²) in [7, 11) is 1.98. The summed E-state index contributed by atoms with van der Waals surface area (Å²) in [4.78, 5) is 2.06. The number of benzene rings is 1. The number of nitrogens with zero attached hydrogens (tertiary/aromatic N) is 1. The number of anilines is 1. The molecule has 0 unspecified atom stereocenters. The number of hydrogen-bond acceptors (Lipinski definition) is 2. The largest absolute Gasteiger partial charge is 0.371 e. The second-order valence-corrected chi connectivity index (χ2v) is 4.62. The molecule has 0 saturated carbocycles. The highest BCUT2D eigenvalue weighted by Crippen LogP contribution is 2.13. The quantitative estimate of drug-likeness (QED) is 0.764. The van der Waals surface area contributed by atoms with Gasteiger partial charge in [-0.05, 0) is 29.8 Å². The highest BCUT2D eigenvalue weighted by Gasteiger charge is 2.03. The summed E-state index contributed by atoms with van der Waals surface area (Å²) >= 11 is 0. The Balaban J connectivity index is 2.46. The lowest BCUT2D eigenvalue weighted by atomic mass is 10.2. The number of rotatable bonds is 6. The van der Waals surface area contributed by atoms with Gasteiger partial charge >= 0.3 is 0 Å². The minimum absolute atomic E-state index is 0.206. The van der Waals surface area contributed by atoms with Crippen LogP contribution in [0.2, 0.25) is 0 Å². The normalized spacial score (nSPS) is 10.6. The molecule has 1 aromatic rings. The minimum Gasteiger partial charge on any atom is -0.371 e. The SMILES string of the molecule is C=C(CNC(C)C)CN(C)c1ccc(F)cc1. The predicted octanol–water partition coefficient (Wildman–Crippen LogP) is 2.82. The van der Waals surface area contributed by atoms with Crippen molar-refractivity contribution in [1.29, 1.82) is 0 Å². The van der Waals surface area contributed by atoms with Crippen LogP contribution in [0.3, 0.4) is 0 Å². The highest BCUT2D eigenvalue weighted by atomic mass is 19.1. The van der Waals surface area contributed by atoms with Crippen LogP contribution in [0.25, 0.3) is 0 Å². The molecule has 94 valence electrons. The summed E-state index contributed by atoms with van der Waals surface area (Å²) < 4.78 is 12.8. The van der Waals surface area contributed by atoms with Crippen molar-refractivity contribution in [3.05, 3.63) is 42.2 Å². The lowest BCUT2D eigenvalue weighted by Crippen LogP contribution is -2.29. The molecule has 3 heteroatoms. The van der Waals surface area contributed by atoms with Gasteiger partial charge in [0.15, 0.2) is 0 Å².